The van der Waals surface area contributed by atoms with Gasteiger partial charge in [-0.3, -0.25) is 4.90 Å². The second-order valence-electron chi connectivity index (χ2n) is 3.20. The molecule has 1 fully saturated rings. The maximum Gasteiger partial charge on any atom is 0.410 e. The molecule has 1 saturated heterocycles. The summed E-state index contributed by atoms with van der Waals surface area (Å²) in [6, 6.07) is -1.27. The molecule has 15 heavy (non-hydrogen) atoms. The minimum absolute atomic E-state index is 0.672. The van der Waals surface area contributed by atoms with Gasteiger partial charge in [-0.05, 0) is 0 Å². The molecule has 0 aliphatic carbocycles. The molecule has 86 valence electrons. The van der Waals surface area contributed by atoms with Crippen molar-refractivity contribution in [1.29, 1.82) is 0 Å². The molecule has 0 aromatic carbocycles. The average molecular weight is 223 g/mol. The molecule has 0 radical (unpaired) electrons. The van der Waals surface area contributed by atoms with Crippen LogP contribution < -0.4 is 0 Å². The van der Waals surface area contributed by atoms with E-state index in [0.29, 0.717) is 4.90 Å². The summed E-state index contributed by atoms with van der Waals surface area (Å²) in [5.41, 5.74) is 0. The van der Waals surface area contributed by atoms with Gasteiger partial charge in [-0.2, -0.15) is 0 Å². The second-order valence-corrected chi connectivity index (χ2v) is 3.20. The van der Waals surface area contributed by atoms with E-state index in [1.807, 2.05) is 0 Å². The molecule has 5 nitrogen and oxygen atoms in total. The van der Waals surface area contributed by atoms with Crippen LogP contribution in [-0.2, 0) is 14.3 Å². The lowest BCUT2D eigenvalue weighted by atomic mass is 10.2. The number of hydrogen-bond donors (Lipinski definition) is 0. The van der Waals surface area contributed by atoms with Crippen molar-refractivity contribution in [2.75, 3.05) is 20.8 Å². The molecule has 1 atom stereocenters. The third-order valence-corrected chi connectivity index (χ3v) is 2.15. The minimum atomic E-state index is -3.08. The van der Waals surface area contributed by atoms with Crippen LogP contribution in [-0.4, -0.2) is 49.7 Å². The molecule has 0 aromatic rings. The summed E-state index contributed by atoms with van der Waals surface area (Å²) < 4.78 is 34.6. The Morgan fingerprint density at radius 3 is 2.40 bits per heavy atom. The van der Waals surface area contributed by atoms with Gasteiger partial charge in [0.2, 0.25) is 0 Å². The lowest BCUT2D eigenvalue weighted by Gasteiger charge is -2.19. The van der Waals surface area contributed by atoms with Crippen molar-refractivity contribution in [2.45, 2.75) is 18.4 Å². The van der Waals surface area contributed by atoms with Gasteiger partial charge >= 0.3 is 12.1 Å². The van der Waals surface area contributed by atoms with Crippen LogP contribution in [0.4, 0.5) is 13.6 Å². The Morgan fingerprint density at radius 1 is 1.33 bits per heavy atom. The number of hydrogen-bond acceptors (Lipinski definition) is 4. The van der Waals surface area contributed by atoms with Crippen LogP contribution in [0.25, 0.3) is 0 Å². The van der Waals surface area contributed by atoms with Crippen molar-refractivity contribution in [3.8, 4) is 0 Å². The lowest BCUT2D eigenvalue weighted by molar-refractivity contribution is -0.145. The monoisotopic (exact) mass is 223 g/mol. The first kappa shape index (κ1) is 11.7. The minimum Gasteiger partial charge on any atom is -0.467 e. The van der Waals surface area contributed by atoms with Crippen LogP contribution in [0.2, 0.25) is 0 Å². The van der Waals surface area contributed by atoms with Gasteiger partial charge in [-0.25, -0.2) is 18.4 Å². The first-order chi connectivity index (χ1) is 6.91. The van der Waals surface area contributed by atoms with Crippen LogP contribution in [0.15, 0.2) is 0 Å². The van der Waals surface area contributed by atoms with Crippen molar-refractivity contribution in [3.05, 3.63) is 0 Å². The Kier molecular flexibility index (Phi) is 3.11. The number of halogens is 2. The van der Waals surface area contributed by atoms with Gasteiger partial charge in [-0.1, -0.05) is 0 Å². The van der Waals surface area contributed by atoms with Crippen molar-refractivity contribution >= 4 is 12.1 Å². The fourth-order valence-electron chi connectivity index (χ4n) is 1.47. The number of carbonyl (C=O) groups excluding carboxylic acids is 2. The Balaban J connectivity index is 2.83. The summed E-state index contributed by atoms with van der Waals surface area (Å²) >= 11 is 0. The van der Waals surface area contributed by atoms with E-state index in [0.717, 1.165) is 14.2 Å². The predicted molar refractivity (Wildman–Crippen MR) is 44.5 cm³/mol. The molecule has 1 aliphatic heterocycles. The molecule has 1 heterocycles. The summed E-state index contributed by atoms with van der Waals surface area (Å²) in [5, 5.41) is 0. The third-order valence-electron chi connectivity index (χ3n) is 2.15. The van der Waals surface area contributed by atoms with Gasteiger partial charge in [0.15, 0.2) is 0 Å². The smallest absolute Gasteiger partial charge is 0.410 e. The quantitative estimate of drug-likeness (QED) is 0.612. The van der Waals surface area contributed by atoms with Gasteiger partial charge in [0.25, 0.3) is 5.92 Å². The highest BCUT2D eigenvalue weighted by Gasteiger charge is 2.51. The molecule has 1 amide bonds. The maximum absolute atomic E-state index is 13.0. The summed E-state index contributed by atoms with van der Waals surface area (Å²) in [5.74, 6) is -3.94. The molecule has 1 aliphatic rings. The van der Waals surface area contributed by atoms with E-state index in [1.54, 1.807) is 0 Å². The van der Waals surface area contributed by atoms with Crippen LogP contribution in [0.5, 0.6) is 0 Å². The molecule has 0 spiro atoms. The first-order valence-corrected chi connectivity index (χ1v) is 4.21. The molecule has 0 saturated carbocycles. The summed E-state index contributed by atoms with van der Waals surface area (Å²) in [6.45, 7) is -0.820. The fourth-order valence-corrected chi connectivity index (χ4v) is 1.47. The zero-order chi connectivity index (χ0) is 11.6. The molecule has 0 aromatic heterocycles. The lowest BCUT2D eigenvalue weighted by Crippen LogP contribution is -2.41. The number of carbonyl (C=O) groups is 2. The van der Waals surface area contributed by atoms with Crippen molar-refractivity contribution in [3.63, 3.8) is 0 Å². The van der Waals surface area contributed by atoms with Gasteiger partial charge < -0.3 is 9.47 Å². The van der Waals surface area contributed by atoms with Crippen molar-refractivity contribution in [2.24, 2.45) is 0 Å². The molecular formula is C8H11F2NO4. The van der Waals surface area contributed by atoms with Gasteiger partial charge in [0.05, 0.1) is 20.8 Å². The molecule has 1 unspecified atom stereocenters. The molecule has 1 rings (SSSR count). The molecule has 7 heteroatoms. The van der Waals surface area contributed by atoms with Crippen molar-refractivity contribution < 1.29 is 27.8 Å². The predicted octanol–water partition coefficient (Wildman–Crippen LogP) is 0.635. The van der Waals surface area contributed by atoms with Crippen LogP contribution in [0.3, 0.4) is 0 Å². The maximum atomic E-state index is 13.0. The topological polar surface area (TPSA) is 55.8 Å². The number of rotatable bonds is 1. The number of ether oxygens (including phenoxy) is 2. The van der Waals surface area contributed by atoms with Crippen LogP contribution >= 0.6 is 0 Å². The Morgan fingerprint density at radius 2 is 1.93 bits per heavy atom. The van der Waals surface area contributed by atoms with E-state index in [9.17, 15) is 18.4 Å². The third kappa shape index (κ3) is 2.34. The van der Waals surface area contributed by atoms with E-state index in [-0.39, 0.29) is 0 Å². The summed E-state index contributed by atoms with van der Waals surface area (Å²) in [6.07, 6.45) is -1.68. The van der Waals surface area contributed by atoms with Gasteiger partial charge in [0, 0.05) is 6.42 Å². The Bertz CT molecular complexity index is 256. The standard InChI is InChI=1S/C8H11F2NO4/c1-14-6(12)5-3-8(9,10)4-11(5)7(13)15-2/h5H,3-4H2,1-2H3. The van der Waals surface area contributed by atoms with Crippen molar-refractivity contribution in [1.82, 2.24) is 4.90 Å². The largest absolute Gasteiger partial charge is 0.467 e. The highest BCUT2D eigenvalue weighted by atomic mass is 19.3. The molecule has 0 N–H and O–H groups in total. The van der Waals surface area contributed by atoms with Crippen LogP contribution in [0.1, 0.15) is 6.42 Å². The Labute approximate surface area is 84.9 Å². The SMILES string of the molecule is COC(=O)C1CC(F)(F)CN1C(=O)OC. The van der Waals surface area contributed by atoms with E-state index in [4.69, 9.17) is 0 Å². The second kappa shape index (κ2) is 4.00. The number of esters is 1. The summed E-state index contributed by atoms with van der Waals surface area (Å²) in [4.78, 5) is 22.9. The van der Waals surface area contributed by atoms with Crippen LogP contribution in [0, 0.1) is 0 Å². The number of amides is 1. The van der Waals surface area contributed by atoms with E-state index < -0.39 is 37.0 Å². The zero-order valence-corrected chi connectivity index (χ0v) is 8.33. The molecular weight excluding hydrogens is 212 g/mol. The highest BCUT2D eigenvalue weighted by Crippen LogP contribution is 2.32. The number of nitrogens with zero attached hydrogens (tertiary/aromatic N) is 1. The average Bonchev–Trinajstić information content (AvgIpc) is 2.52. The van der Waals surface area contributed by atoms with E-state index in [2.05, 4.69) is 9.47 Å². The normalized spacial score (nSPS) is 23.7. The first-order valence-electron chi connectivity index (χ1n) is 4.21. The van der Waals surface area contributed by atoms with Gasteiger partial charge in [0.1, 0.15) is 6.04 Å². The fraction of sp³-hybridized carbons (Fsp3) is 0.750. The summed E-state index contributed by atoms with van der Waals surface area (Å²) in [7, 11) is 2.14. The Hall–Kier alpha value is -1.40. The number of likely N-dealkylation sites (tertiary alicyclic amines) is 1. The number of alkyl halides is 2. The molecule has 0 bridgehead atoms. The van der Waals surface area contributed by atoms with E-state index >= 15 is 0 Å². The van der Waals surface area contributed by atoms with E-state index in [1.165, 1.54) is 0 Å². The zero-order valence-electron chi connectivity index (χ0n) is 8.33. The number of methoxy groups -OCH3 is 2. The highest BCUT2D eigenvalue weighted by molar-refractivity contribution is 5.82. The van der Waals surface area contributed by atoms with Gasteiger partial charge in [-0.15, -0.1) is 0 Å².